The molecule has 1 aromatic rings. The van der Waals surface area contributed by atoms with Crippen molar-refractivity contribution < 1.29 is 4.74 Å². The number of hydrogen-bond donors (Lipinski definition) is 1. The standard InChI is InChI=1S/C12H19NO/c1-5-10-8-11(9(2)13-3)6-7-12(10)14-4/h6-9,13H,5H2,1-4H3. The molecule has 1 atom stereocenters. The van der Waals surface area contributed by atoms with E-state index in [1.165, 1.54) is 11.1 Å². The summed E-state index contributed by atoms with van der Waals surface area (Å²) in [5.41, 5.74) is 2.58. The molecule has 0 spiro atoms. The van der Waals surface area contributed by atoms with Gasteiger partial charge in [-0.2, -0.15) is 0 Å². The van der Waals surface area contributed by atoms with Crippen molar-refractivity contribution in [1.29, 1.82) is 0 Å². The van der Waals surface area contributed by atoms with Crippen molar-refractivity contribution in [3.8, 4) is 5.75 Å². The summed E-state index contributed by atoms with van der Waals surface area (Å²) in [6.45, 7) is 4.30. The molecule has 0 aliphatic carbocycles. The van der Waals surface area contributed by atoms with E-state index in [-0.39, 0.29) is 0 Å². The molecule has 1 N–H and O–H groups in total. The van der Waals surface area contributed by atoms with Crippen molar-refractivity contribution in [2.24, 2.45) is 0 Å². The quantitative estimate of drug-likeness (QED) is 0.793. The van der Waals surface area contributed by atoms with E-state index in [1.807, 2.05) is 13.1 Å². The highest BCUT2D eigenvalue weighted by Crippen LogP contribution is 2.23. The van der Waals surface area contributed by atoms with Crippen LogP contribution in [-0.2, 0) is 6.42 Å². The summed E-state index contributed by atoms with van der Waals surface area (Å²) >= 11 is 0. The van der Waals surface area contributed by atoms with Gasteiger partial charge in [0.1, 0.15) is 5.75 Å². The van der Waals surface area contributed by atoms with Crippen LogP contribution < -0.4 is 10.1 Å². The smallest absolute Gasteiger partial charge is 0.122 e. The van der Waals surface area contributed by atoms with Gasteiger partial charge in [-0.3, -0.25) is 0 Å². The first kappa shape index (κ1) is 11.1. The number of hydrogen-bond acceptors (Lipinski definition) is 2. The lowest BCUT2D eigenvalue weighted by molar-refractivity contribution is 0.409. The van der Waals surface area contributed by atoms with Crippen molar-refractivity contribution in [3.63, 3.8) is 0 Å². The second kappa shape index (κ2) is 5.01. The Morgan fingerprint density at radius 3 is 2.64 bits per heavy atom. The van der Waals surface area contributed by atoms with Gasteiger partial charge in [0.15, 0.2) is 0 Å². The van der Waals surface area contributed by atoms with Gasteiger partial charge in [-0.05, 0) is 37.6 Å². The van der Waals surface area contributed by atoms with Crippen molar-refractivity contribution in [1.82, 2.24) is 5.32 Å². The molecule has 0 amide bonds. The zero-order valence-corrected chi connectivity index (χ0v) is 9.42. The minimum atomic E-state index is 0.395. The first-order valence-electron chi connectivity index (χ1n) is 5.07. The number of benzene rings is 1. The minimum Gasteiger partial charge on any atom is -0.496 e. The van der Waals surface area contributed by atoms with Crippen molar-refractivity contribution in [2.45, 2.75) is 26.3 Å². The summed E-state index contributed by atoms with van der Waals surface area (Å²) in [4.78, 5) is 0. The number of rotatable bonds is 4. The third kappa shape index (κ3) is 2.26. The Balaban J connectivity index is 3.01. The van der Waals surface area contributed by atoms with E-state index in [9.17, 15) is 0 Å². The monoisotopic (exact) mass is 193 g/mol. The van der Waals surface area contributed by atoms with Crippen LogP contribution in [0, 0.1) is 0 Å². The van der Waals surface area contributed by atoms with Crippen LogP contribution in [0.15, 0.2) is 18.2 Å². The second-order valence-electron chi connectivity index (χ2n) is 3.44. The Morgan fingerprint density at radius 1 is 1.43 bits per heavy atom. The zero-order valence-electron chi connectivity index (χ0n) is 9.42. The van der Waals surface area contributed by atoms with Gasteiger partial charge >= 0.3 is 0 Å². The first-order valence-corrected chi connectivity index (χ1v) is 5.07. The van der Waals surface area contributed by atoms with Gasteiger partial charge in [0.2, 0.25) is 0 Å². The molecule has 0 fully saturated rings. The van der Waals surface area contributed by atoms with Crippen molar-refractivity contribution >= 4 is 0 Å². The lowest BCUT2D eigenvalue weighted by atomic mass is 10.0. The van der Waals surface area contributed by atoms with Gasteiger partial charge in [0.05, 0.1) is 7.11 Å². The predicted molar refractivity (Wildman–Crippen MR) is 59.8 cm³/mol. The lowest BCUT2D eigenvalue weighted by Crippen LogP contribution is -2.12. The predicted octanol–water partition coefficient (Wildman–Crippen LogP) is 2.54. The maximum Gasteiger partial charge on any atom is 0.122 e. The molecule has 1 aromatic carbocycles. The third-order valence-corrected chi connectivity index (χ3v) is 2.62. The largest absolute Gasteiger partial charge is 0.496 e. The molecule has 0 aromatic heterocycles. The van der Waals surface area contributed by atoms with Crippen LogP contribution in [0.5, 0.6) is 5.75 Å². The van der Waals surface area contributed by atoms with Crippen molar-refractivity contribution in [2.75, 3.05) is 14.2 Å². The molecule has 78 valence electrons. The SMILES string of the molecule is CCc1cc(C(C)NC)ccc1OC. The Kier molecular flexibility index (Phi) is 3.96. The Bertz CT molecular complexity index is 296. The number of nitrogens with one attached hydrogen (secondary N) is 1. The van der Waals surface area contributed by atoms with E-state index in [2.05, 4.69) is 31.3 Å². The molecule has 0 radical (unpaired) electrons. The van der Waals surface area contributed by atoms with E-state index in [0.29, 0.717) is 6.04 Å². The van der Waals surface area contributed by atoms with Gasteiger partial charge in [-0.15, -0.1) is 0 Å². The molecule has 1 rings (SSSR count). The highest BCUT2D eigenvalue weighted by Gasteiger charge is 2.06. The molecule has 0 heterocycles. The topological polar surface area (TPSA) is 21.3 Å². The van der Waals surface area contributed by atoms with E-state index >= 15 is 0 Å². The molecule has 0 aliphatic rings. The van der Waals surface area contributed by atoms with Crippen LogP contribution in [0.1, 0.15) is 31.0 Å². The third-order valence-electron chi connectivity index (χ3n) is 2.62. The number of aryl methyl sites for hydroxylation is 1. The molecular weight excluding hydrogens is 174 g/mol. The highest BCUT2D eigenvalue weighted by molar-refractivity contribution is 5.38. The summed E-state index contributed by atoms with van der Waals surface area (Å²) in [7, 11) is 3.69. The summed E-state index contributed by atoms with van der Waals surface area (Å²) < 4.78 is 5.28. The van der Waals surface area contributed by atoms with Crippen LogP contribution in [0.4, 0.5) is 0 Å². The fraction of sp³-hybridized carbons (Fsp3) is 0.500. The van der Waals surface area contributed by atoms with E-state index in [1.54, 1.807) is 7.11 Å². The highest BCUT2D eigenvalue weighted by atomic mass is 16.5. The van der Waals surface area contributed by atoms with Crippen LogP contribution in [0.2, 0.25) is 0 Å². The maximum atomic E-state index is 5.28. The number of ether oxygens (including phenoxy) is 1. The summed E-state index contributed by atoms with van der Waals surface area (Å²) in [5, 5.41) is 3.23. The molecule has 0 aliphatic heterocycles. The molecule has 0 saturated carbocycles. The van der Waals surface area contributed by atoms with Crippen LogP contribution >= 0.6 is 0 Å². The Morgan fingerprint density at radius 2 is 2.14 bits per heavy atom. The first-order chi connectivity index (χ1) is 6.72. The lowest BCUT2D eigenvalue weighted by Gasteiger charge is -2.14. The molecule has 0 saturated heterocycles. The normalized spacial score (nSPS) is 12.6. The van der Waals surface area contributed by atoms with Crippen LogP contribution in [0.3, 0.4) is 0 Å². The van der Waals surface area contributed by atoms with E-state index in [4.69, 9.17) is 4.74 Å². The van der Waals surface area contributed by atoms with E-state index < -0.39 is 0 Å². The van der Waals surface area contributed by atoms with Gasteiger partial charge in [0, 0.05) is 6.04 Å². The average molecular weight is 193 g/mol. The van der Waals surface area contributed by atoms with Crippen LogP contribution in [-0.4, -0.2) is 14.2 Å². The van der Waals surface area contributed by atoms with Gasteiger partial charge in [0.25, 0.3) is 0 Å². The molecular formula is C12H19NO. The fourth-order valence-corrected chi connectivity index (χ4v) is 1.51. The van der Waals surface area contributed by atoms with Crippen molar-refractivity contribution in [3.05, 3.63) is 29.3 Å². The number of methoxy groups -OCH3 is 1. The van der Waals surface area contributed by atoms with Gasteiger partial charge in [-0.1, -0.05) is 19.1 Å². The summed E-state index contributed by atoms with van der Waals surface area (Å²) in [6, 6.07) is 6.76. The molecule has 14 heavy (non-hydrogen) atoms. The molecule has 0 bridgehead atoms. The maximum absolute atomic E-state index is 5.28. The average Bonchev–Trinajstić information content (AvgIpc) is 2.26. The zero-order chi connectivity index (χ0) is 10.6. The fourth-order valence-electron chi connectivity index (χ4n) is 1.51. The second-order valence-corrected chi connectivity index (χ2v) is 3.44. The Hall–Kier alpha value is -1.02. The molecule has 2 heteroatoms. The summed E-state index contributed by atoms with van der Waals surface area (Å²) in [5.74, 6) is 0.986. The summed E-state index contributed by atoms with van der Waals surface area (Å²) in [6.07, 6.45) is 1.01. The van der Waals surface area contributed by atoms with Gasteiger partial charge < -0.3 is 10.1 Å². The molecule has 1 unspecified atom stereocenters. The van der Waals surface area contributed by atoms with Crippen LogP contribution in [0.25, 0.3) is 0 Å². The minimum absolute atomic E-state index is 0.395. The molecule has 2 nitrogen and oxygen atoms in total. The Labute approximate surface area is 86.3 Å². The van der Waals surface area contributed by atoms with E-state index in [0.717, 1.165) is 12.2 Å². The van der Waals surface area contributed by atoms with Gasteiger partial charge in [-0.25, -0.2) is 0 Å².